The van der Waals surface area contributed by atoms with E-state index in [4.69, 9.17) is 4.74 Å². The molecule has 2 fully saturated rings. The minimum absolute atomic E-state index is 0.169. The molecule has 3 aliphatic rings. The standard InChI is InChI=1S/C34H34F3N3O4S2/c1-33(41,34(35,36)37)24-8-10-25(11-9-24)40-15-14-39(46(42,43)31-7-4-20-45-31)22-30(40)27-12-13-29(38-16-18-44-19-17-38)32-26-6-3-2-5-23(26)21-28(27)32/h2-13,20,30,41H,14-19,21-22H2,1H3. The van der Waals surface area contributed by atoms with Crippen molar-refractivity contribution in [2.75, 3.05) is 55.7 Å². The zero-order valence-corrected chi connectivity index (χ0v) is 26.8. The molecule has 0 bridgehead atoms. The molecule has 7 nitrogen and oxygen atoms in total. The molecule has 1 N–H and O–H groups in total. The predicted molar refractivity (Wildman–Crippen MR) is 173 cm³/mol. The van der Waals surface area contributed by atoms with Crippen molar-refractivity contribution in [2.24, 2.45) is 0 Å². The van der Waals surface area contributed by atoms with Crippen LogP contribution in [0.4, 0.5) is 24.5 Å². The van der Waals surface area contributed by atoms with Crippen molar-refractivity contribution in [1.29, 1.82) is 0 Å². The van der Waals surface area contributed by atoms with Gasteiger partial charge in [-0.15, -0.1) is 11.3 Å². The SMILES string of the molecule is CC(O)(c1ccc(N2CCN(S(=O)(=O)c3cccs3)CC2c2ccc(N3CCOCC3)c3c2Cc2ccccc2-3)cc1)C(F)(F)F. The normalized spacial score (nSPS) is 20.3. The summed E-state index contributed by atoms with van der Waals surface area (Å²) < 4.78 is 75.7. The smallest absolute Gasteiger partial charge is 0.378 e. The van der Waals surface area contributed by atoms with Gasteiger partial charge in [0.05, 0.1) is 19.3 Å². The van der Waals surface area contributed by atoms with E-state index in [0.29, 0.717) is 31.9 Å². The lowest BCUT2D eigenvalue weighted by molar-refractivity contribution is -0.258. The molecule has 3 heterocycles. The Bertz CT molecular complexity index is 1840. The van der Waals surface area contributed by atoms with Crippen LogP contribution >= 0.6 is 11.3 Å². The highest BCUT2D eigenvalue weighted by molar-refractivity contribution is 7.91. The summed E-state index contributed by atoms with van der Waals surface area (Å²) in [5, 5.41) is 12.0. The Hall–Kier alpha value is -3.42. The van der Waals surface area contributed by atoms with E-state index in [-0.39, 0.29) is 22.9 Å². The first-order valence-electron chi connectivity index (χ1n) is 15.2. The highest BCUT2D eigenvalue weighted by Crippen LogP contribution is 2.48. The van der Waals surface area contributed by atoms with Crippen LogP contribution in [0.3, 0.4) is 0 Å². The van der Waals surface area contributed by atoms with Gasteiger partial charge in [-0.1, -0.05) is 48.5 Å². The van der Waals surface area contributed by atoms with Gasteiger partial charge in [0.1, 0.15) is 4.21 Å². The van der Waals surface area contributed by atoms with Crippen LogP contribution < -0.4 is 9.80 Å². The molecule has 2 unspecified atom stereocenters. The molecular formula is C34H34F3N3O4S2. The maximum absolute atomic E-state index is 13.8. The maximum Gasteiger partial charge on any atom is 0.421 e. The minimum atomic E-state index is -4.84. The number of rotatable bonds is 6. The van der Waals surface area contributed by atoms with Crippen molar-refractivity contribution in [1.82, 2.24) is 4.31 Å². The minimum Gasteiger partial charge on any atom is -0.378 e. The number of sulfonamides is 1. The topological polar surface area (TPSA) is 73.3 Å². The zero-order chi connectivity index (χ0) is 32.3. The molecule has 1 aromatic heterocycles. The van der Waals surface area contributed by atoms with Crippen molar-refractivity contribution >= 4 is 32.7 Å². The molecule has 0 amide bonds. The van der Waals surface area contributed by atoms with Gasteiger partial charge < -0.3 is 19.6 Å². The van der Waals surface area contributed by atoms with Crippen LogP contribution in [0.25, 0.3) is 11.1 Å². The number of alkyl halides is 3. The Labute approximate surface area is 270 Å². The zero-order valence-electron chi connectivity index (χ0n) is 25.2. The van der Waals surface area contributed by atoms with E-state index in [1.807, 2.05) is 12.1 Å². The molecular weight excluding hydrogens is 636 g/mol. The predicted octanol–water partition coefficient (Wildman–Crippen LogP) is 6.18. The highest BCUT2D eigenvalue weighted by Gasteiger charge is 2.51. The molecule has 0 spiro atoms. The molecule has 0 radical (unpaired) electrons. The summed E-state index contributed by atoms with van der Waals surface area (Å²) in [6.07, 6.45) is -4.15. The second-order valence-corrected chi connectivity index (χ2v) is 15.2. The Morgan fingerprint density at radius 1 is 0.913 bits per heavy atom. The Morgan fingerprint density at radius 2 is 1.65 bits per heavy atom. The highest BCUT2D eigenvalue weighted by atomic mass is 32.2. The van der Waals surface area contributed by atoms with E-state index in [2.05, 4.69) is 34.1 Å². The van der Waals surface area contributed by atoms with Gasteiger partial charge in [0, 0.05) is 49.7 Å². The molecule has 2 atom stereocenters. The summed E-state index contributed by atoms with van der Waals surface area (Å²) in [5.41, 5.74) is 4.13. The average Bonchev–Trinajstić information content (AvgIpc) is 3.74. The molecule has 46 heavy (non-hydrogen) atoms. The lowest BCUT2D eigenvalue weighted by atomic mass is 9.91. The van der Waals surface area contributed by atoms with Crippen LogP contribution in [0.5, 0.6) is 0 Å². The molecule has 4 aromatic rings. The Morgan fingerprint density at radius 3 is 2.35 bits per heavy atom. The number of hydrogen-bond donors (Lipinski definition) is 1. The van der Waals surface area contributed by atoms with Gasteiger partial charge in [0.2, 0.25) is 0 Å². The number of benzene rings is 3. The molecule has 2 saturated heterocycles. The monoisotopic (exact) mass is 669 g/mol. The summed E-state index contributed by atoms with van der Waals surface area (Å²) in [4.78, 5) is 4.42. The molecule has 12 heteroatoms. The van der Waals surface area contributed by atoms with Crippen LogP contribution in [0.1, 0.15) is 35.2 Å². The Kier molecular flexibility index (Phi) is 7.92. The lowest BCUT2D eigenvalue weighted by Gasteiger charge is -2.43. The fourth-order valence-electron chi connectivity index (χ4n) is 6.86. The third kappa shape index (κ3) is 5.29. The quantitative estimate of drug-likeness (QED) is 0.233. The summed E-state index contributed by atoms with van der Waals surface area (Å²) in [7, 11) is -3.76. The van der Waals surface area contributed by atoms with Gasteiger partial charge in [0.25, 0.3) is 10.0 Å². The first kappa shape index (κ1) is 31.2. The molecule has 242 valence electrons. The summed E-state index contributed by atoms with van der Waals surface area (Å²) >= 11 is 1.18. The summed E-state index contributed by atoms with van der Waals surface area (Å²) in [6, 6.07) is 21.2. The molecule has 1 aliphatic carbocycles. The van der Waals surface area contributed by atoms with E-state index < -0.39 is 27.8 Å². The molecule has 2 aliphatic heterocycles. The van der Waals surface area contributed by atoms with Gasteiger partial charge in [-0.2, -0.15) is 17.5 Å². The number of aliphatic hydroxyl groups is 1. The maximum atomic E-state index is 13.8. The van der Waals surface area contributed by atoms with Gasteiger partial charge in [-0.25, -0.2) is 8.42 Å². The number of nitrogens with zero attached hydrogens (tertiary/aromatic N) is 3. The van der Waals surface area contributed by atoms with Crippen molar-refractivity contribution in [3.63, 3.8) is 0 Å². The number of halogens is 3. The van der Waals surface area contributed by atoms with E-state index in [0.717, 1.165) is 48.0 Å². The second-order valence-electron chi connectivity index (χ2n) is 12.1. The van der Waals surface area contributed by atoms with E-state index in [1.54, 1.807) is 29.6 Å². The van der Waals surface area contributed by atoms with E-state index in [9.17, 15) is 26.7 Å². The van der Waals surface area contributed by atoms with Crippen LogP contribution in [0.15, 0.2) is 82.4 Å². The average molecular weight is 670 g/mol. The van der Waals surface area contributed by atoms with E-state index in [1.165, 1.54) is 33.3 Å². The fraction of sp³-hybridized carbons (Fsp3) is 0.353. The number of morpholine rings is 1. The fourth-order valence-corrected chi connectivity index (χ4v) is 9.44. The van der Waals surface area contributed by atoms with Crippen molar-refractivity contribution in [3.8, 4) is 11.1 Å². The van der Waals surface area contributed by atoms with E-state index >= 15 is 0 Å². The molecule has 0 saturated carbocycles. The van der Waals surface area contributed by atoms with Gasteiger partial charge >= 0.3 is 6.18 Å². The third-order valence-electron chi connectivity index (χ3n) is 9.44. The first-order valence-corrected chi connectivity index (χ1v) is 17.6. The first-order chi connectivity index (χ1) is 22.0. The van der Waals surface area contributed by atoms with Gasteiger partial charge in [0.15, 0.2) is 5.60 Å². The molecule has 3 aromatic carbocycles. The third-order valence-corrected chi connectivity index (χ3v) is 12.7. The number of anilines is 2. The summed E-state index contributed by atoms with van der Waals surface area (Å²) in [5.74, 6) is 0. The van der Waals surface area contributed by atoms with Crippen LogP contribution in [-0.4, -0.2) is 69.9 Å². The van der Waals surface area contributed by atoms with Crippen LogP contribution in [0, 0.1) is 0 Å². The van der Waals surface area contributed by atoms with Crippen molar-refractivity contribution in [2.45, 2.75) is 35.4 Å². The van der Waals surface area contributed by atoms with Gasteiger partial charge in [-0.3, -0.25) is 0 Å². The van der Waals surface area contributed by atoms with Crippen LogP contribution in [-0.2, 0) is 26.8 Å². The van der Waals surface area contributed by atoms with Crippen molar-refractivity contribution in [3.05, 3.63) is 100 Å². The number of piperazine rings is 1. The number of hydrogen-bond acceptors (Lipinski definition) is 7. The largest absolute Gasteiger partial charge is 0.421 e. The van der Waals surface area contributed by atoms with Gasteiger partial charge in [-0.05, 0) is 70.8 Å². The number of fused-ring (bicyclic) bond motifs is 3. The summed E-state index contributed by atoms with van der Waals surface area (Å²) in [6.45, 7) is 4.28. The lowest BCUT2D eigenvalue weighted by Crippen LogP contribution is -2.50. The number of thiophene rings is 1. The number of ether oxygens (including phenoxy) is 1. The molecule has 7 rings (SSSR count). The Balaban J connectivity index is 1.33. The van der Waals surface area contributed by atoms with Crippen molar-refractivity contribution < 1.29 is 31.4 Å². The van der Waals surface area contributed by atoms with Crippen LogP contribution in [0.2, 0.25) is 0 Å². The second kappa shape index (κ2) is 11.7.